The van der Waals surface area contributed by atoms with E-state index in [-0.39, 0.29) is 17.4 Å². The van der Waals surface area contributed by atoms with Gasteiger partial charge in [-0.25, -0.2) is 9.37 Å². The van der Waals surface area contributed by atoms with E-state index in [0.29, 0.717) is 23.8 Å². The van der Waals surface area contributed by atoms with Crippen LogP contribution >= 0.6 is 0 Å². The third-order valence-electron chi connectivity index (χ3n) is 5.36. The van der Waals surface area contributed by atoms with Crippen LogP contribution in [0.5, 0.6) is 0 Å². The van der Waals surface area contributed by atoms with Gasteiger partial charge >= 0.3 is 0 Å². The Morgan fingerprint density at radius 1 is 0.912 bits per heavy atom. The molecule has 2 amide bonds. The number of nitrogens with zero attached hydrogens (tertiary/aromatic N) is 2. The number of carbonyl (C=O) groups is 2. The molecule has 6 nitrogen and oxygen atoms in total. The molecular formula is C27H25FN4O2. The summed E-state index contributed by atoms with van der Waals surface area (Å²) in [4.78, 5) is 29.0. The van der Waals surface area contributed by atoms with Crippen molar-refractivity contribution in [3.05, 3.63) is 114 Å². The highest BCUT2D eigenvalue weighted by molar-refractivity contribution is 6.04. The van der Waals surface area contributed by atoms with Crippen LogP contribution in [0.2, 0.25) is 0 Å². The molecule has 1 aromatic heterocycles. The van der Waals surface area contributed by atoms with Crippen LogP contribution in [-0.4, -0.2) is 21.4 Å². The summed E-state index contributed by atoms with van der Waals surface area (Å²) in [6.07, 6.45) is 3.30. The van der Waals surface area contributed by atoms with Crippen LogP contribution < -0.4 is 10.6 Å². The molecule has 0 spiro atoms. The second-order valence-electron chi connectivity index (χ2n) is 8.32. The molecule has 7 heteroatoms. The van der Waals surface area contributed by atoms with Crippen molar-refractivity contribution in [2.24, 2.45) is 0 Å². The Labute approximate surface area is 197 Å². The van der Waals surface area contributed by atoms with Gasteiger partial charge < -0.3 is 15.2 Å². The zero-order valence-corrected chi connectivity index (χ0v) is 19.0. The van der Waals surface area contributed by atoms with Gasteiger partial charge in [0.2, 0.25) is 0 Å². The highest BCUT2D eigenvalue weighted by atomic mass is 19.1. The van der Waals surface area contributed by atoms with Crippen LogP contribution in [0.15, 0.2) is 85.3 Å². The fraction of sp³-hybridized carbons (Fsp3) is 0.148. The lowest BCUT2D eigenvalue weighted by molar-refractivity contribution is 0.101. The van der Waals surface area contributed by atoms with Gasteiger partial charge in [0.1, 0.15) is 11.5 Å². The van der Waals surface area contributed by atoms with Crippen molar-refractivity contribution >= 4 is 23.2 Å². The molecule has 0 fully saturated rings. The first-order valence-corrected chi connectivity index (χ1v) is 11.0. The van der Waals surface area contributed by atoms with E-state index in [1.807, 2.05) is 41.0 Å². The van der Waals surface area contributed by atoms with E-state index in [0.717, 1.165) is 11.3 Å². The minimum atomic E-state index is -0.458. The number of imidazole rings is 1. The van der Waals surface area contributed by atoms with Gasteiger partial charge in [0, 0.05) is 29.7 Å². The predicted molar refractivity (Wildman–Crippen MR) is 131 cm³/mol. The first-order chi connectivity index (χ1) is 16.4. The van der Waals surface area contributed by atoms with Gasteiger partial charge in [-0.1, -0.05) is 44.2 Å². The Morgan fingerprint density at radius 3 is 2.21 bits per heavy atom. The van der Waals surface area contributed by atoms with Crippen LogP contribution in [-0.2, 0) is 6.54 Å². The van der Waals surface area contributed by atoms with Crippen molar-refractivity contribution in [3.8, 4) is 0 Å². The molecule has 0 bridgehead atoms. The molecule has 0 aliphatic heterocycles. The van der Waals surface area contributed by atoms with Gasteiger partial charge in [-0.05, 0) is 59.5 Å². The van der Waals surface area contributed by atoms with Crippen molar-refractivity contribution < 1.29 is 14.0 Å². The van der Waals surface area contributed by atoms with Gasteiger partial charge in [-0.15, -0.1) is 0 Å². The summed E-state index contributed by atoms with van der Waals surface area (Å²) >= 11 is 0. The van der Waals surface area contributed by atoms with Crippen LogP contribution in [0.25, 0.3) is 0 Å². The highest BCUT2D eigenvalue weighted by Gasteiger charge is 2.11. The van der Waals surface area contributed by atoms with Crippen molar-refractivity contribution in [3.63, 3.8) is 0 Å². The van der Waals surface area contributed by atoms with Crippen molar-refractivity contribution in [2.75, 3.05) is 10.6 Å². The molecule has 0 unspecified atom stereocenters. The number of nitrogens with one attached hydrogen (secondary N) is 2. The largest absolute Gasteiger partial charge is 0.332 e. The number of rotatable bonds is 7. The number of halogens is 1. The van der Waals surface area contributed by atoms with Crippen molar-refractivity contribution in [2.45, 2.75) is 26.3 Å². The van der Waals surface area contributed by atoms with E-state index >= 15 is 0 Å². The lowest BCUT2D eigenvalue weighted by Crippen LogP contribution is -2.12. The standard InChI is InChI=1S/C27H25FN4O2/c1-18(2)20-8-12-24(13-9-20)31-27(34)25-16-32(17-29-25)15-19-6-10-23(11-7-19)30-26(33)21-4-3-5-22(28)14-21/h3-14,16-18H,15H2,1-2H3,(H,30,33)(H,31,34). The molecule has 4 aromatic rings. The monoisotopic (exact) mass is 456 g/mol. The smallest absolute Gasteiger partial charge is 0.275 e. The molecule has 0 aliphatic carbocycles. The number of hydrogen-bond donors (Lipinski definition) is 2. The van der Waals surface area contributed by atoms with Gasteiger partial charge in [-0.2, -0.15) is 0 Å². The zero-order valence-electron chi connectivity index (χ0n) is 19.0. The van der Waals surface area contributed by atoms with E-state index in [1.165, 1.54) is 23.8 Å². The third kappa shape index (κ3) is 5.75. The maximum atomic E-state index is 13.3. The molecular weight excluding hydrogens is 431 g/mol. The summed E-state index contributed by atoms with van der Waals surface area (Å²) in [5.74, 6) is -0.678. The first-order valence-electron chi connectivity index (χ1n) is 11.0. The van der Waals surface area contributed by atoms with Gasteiger partial charge in [0.15, 0.2) is 0 Å². The van der Waals surface area contributed by atoms with E-state index in [2.05, 4.69) is 29.5 Å². The van der Waals surface area contributed by atoms with E-state index < -0.39 is 5.82 Å². The van der Waals surface area contributed by atoms with E-state index in [4.69, 9.17) is 0 Å². The minimum absolute atomic E-state index is 0.254. The predicted octanol–water partition coefficient (Wildman–Crippen LogP) is 5.70. The fourth-order valence-corrected chi connectivity index (χ4v) is 3.45. The molecule has 2 N–H and O–H groups in total. The summed E-state index contributed by atoms with van der Waals surface area (Å²) < 4.78 is 15.1. The maximum Gasteiger partial charge on any atom is 0.275 e. The summed E-state index contributed by atoms with van der Waals surface area (Å²) in [6, 6.07) is 20.6. The third-order valence-corrected chi connectivity index (χ3v) is 5.36. The normalized spacial score (nSPS) is 10.8. The van der Waals surface area contributed by atoms with Crippen LogP contribution in [0.3, 0.4) is 0 Å². The summed E-state index contributed by atoms with van der Waals surface area (Å²) in [5, 5.41) is 5.62. The molecule has 3 aromatic carbocycles. The Kier molecular flexibility index (Phi) is 6.82. The van der Waals surface area contributed by atoms with E-state index in [1.54, 1.807) is 30.7 Å². The van der Waals surface area contributed by atoms with Gasteiger partial charge in [0.05, 0.1) is 6.33 Å². The fourth-order valence-electron chi connectivity index (χ4n) is 3.45. The molecule has 172 valence electrons. The minimum Gasteiger partial charge on any atom is -0.332 e. The quantitative estimate of drug-likeness (QED) is 0.375. The number of amides is 2. The SMILES string of the molecule is CC(C)c1ccc(NC(=O)c2cn(Cc3ccc(NC(=O)c4cccc(F)c4)cc3)cn2)cc1. The second kappa shape index (κ2) is 10.1. The van der Waals surface area contributed by atoms with Gasteiger partial charge in [-0.3, -0.25) is 9.59 Å². The average molecular weight is 457 g/mol. The van der Waals surface area contributed by atoms with E-state index in [9.17, 15) is 14.0 Å². The molecule has 0 radical (unpaired) electrons. The lowest BCUT2D eigenvalue weighted by atomic mass is 10.0. The Hall–Kier alpha value is -4.26. The molecule has 34 heavy (non-hydrogen) atoms. The Bertz CT molecular complexity index is 1290. The number of carbonyl (C=O) groups excluding carboxylic acids is 2. The number of aromatic nitrogens is 2. The topological polar surface area (TPSA) is 76.0 Å². The molecule has 1 heterocycles. The second-order valence-corrected chi connectivity index (χ2v) is 8.32. The Balaban J connectivity index is 1.34. The first kappa shape index (κ1) is 22.9. The number of benzene rings is 3. The highest BCUT2D eigenvalue weighted by Crippen LogP contribution is 2.18. The molecule has 4 rings (SSSR count). The van der Waals surface area contributed by atoms with Crippen molar-refractivity contribution in [1.82, 2.24) is 9.55 Å². The lowest BCUT2D eigenvalue weighted by Gasteiger charge is -2.08. The summed E-state index contributed by atoms with van der Waals surface area (Å²) in [6.45, 7) is 4.76. The number of anilines is 2. The van der Waals surface area contributed by atoms with Crippen LogP contribution in [0.4, 0.5) is 15.8 Å². The van der Waals surface area contributed by atoms with Gasteiger partial charge in [0.25, 0.3) is 11.8 Å². The van der Waals surface area contributed by atoms with Crippen LogP contribution in [0, 0.1) is 5.82 Å². The molecule has 0 saturated heterocycles. The summed E-state index contributed by atoms with van der Waals surface area (Å²) in [5.41, 5.74) is 4.09. The summed E-state index contributed by atoms with van der Waals surface area (Å²) in [7, 11) is 0. The van der Waals surface area contributed by atoms with Crippen molar-refractivity contribution in [1.29, 1.82) is 0 Å². The molecule has 0 aliphatic rings. The Morgan fingerprint density at radius 2 is 1.56 bits per heavy atom. The molecule has 0 atom stereocenters. The number of hydrogen-bond acceptors (Lipinski definition) is 3. The maximum absolute atomic E-state index is 13.3. The van der Waals surface area contributed by atoms with Crippen LogP contribution in [0.1, 0.15) is 51.7 Å². The zero-order chi connectivity index (χ0) is 24.1. The average Bonchev–Trinajstić information content (AvgIpc) is 3.29. The molecule has 0 saturated carbocycles.